The third kappa shape index (κ3) is 6.84. The molecule has 0 unspecified atom stereocenters. The number of unbranched alkanes of at least 4 members (excludes halogenated alkanes) is 3. The first-order valence-corrected chi connectivity index (χ1v) is 6.60. The number of halogens is 1. The highest BCUT2D eigenvalue weighted by atomic mass is 19.1. The molecule has 0 bridgehead atoms. The highest BCUT2D eigenvalue weighted by Gasteiger charge is 2.03. The number of hydrogen-bond donors (Lipinski definition) is 3. The summed E-state index contributed by atoms with van der Waals surface area (Å²) >= 11 is 0. The molecule has 0 atom stereocenters. The van der Waals surface area contributed by atoms with E-state index < -0.39 is 5.91 Å². The molecule has 1 aromatic carbocycles. The lowest BCUT2D eigenvalue weighted by atomic mass is 10.1. The molecule has 20 heavy (non-hydrogen) atoms. The molecule has 0 aliphatic carbocycles. The fourth-order valence-electron chi connectivity index (χ4n) is 1.77. The zero-order chi connectivity index (χ0) is 14.8. The molecule has 1 rings (SSSR count). The Hall–Kier alpha value is -1.95. The van der Waals surface area contributed by atoms with Crippen molar-refractivity contribution in [2.45, 2.75) is 38.5 Å². The largest absolute Gasteiger partial charge is 0.326 e. The van der Waals surface area contributed by atoms with Gasteiger partial charge in [0.2, 0.25) is 11.8 Å². The van der Waals surface area contributed by atoms with Crippen LogP contribution < -0.4 is 10.8 Å². The van der Waals surface area contributed by atoms with Crippen LogP contribution in [-0.4, -0.2) is 17.0 Å². The third-order valence-electron chi connectivity index (χ3n) is 2.79. The average molecular weight is 282 g/mol. The van der Waals surface area contributed by atoms with Gasteiger partial charge in [-0.15, -0.1) is 0 Å². The van der Waals surface area contributed by atoms with E-state index in [1.54, 1.807) is 11.5 Å². The van der Waals surface area contributed by atoms with Crippen LogP contribution in [0.15, 0.2) is 24.3 Å². The van der Waals surface area contributed by atoms with Crippen LogP contribution in [0, 0.1) is 5.82 Å². The van der Waals surface area contributed by atoms with Crippen LogP contribution >= 0.6 is 0 Å². The number of amides is 2. The Labute approximate surface area is 117 Å². The zero-order valence-electron chi connectivity index (χ0n) is 11.2. The highest BCUT2D eigenvalue weighted by molar-refractivity contribution is 5.90. The van der Waals surface area contributed by atoms with Crippen molar-refractivity contribution in [3.63, 3.8) is 0 Å². The molecule has 2 amide bonds. The normalized spacial score (nSPS) is 10.1. The summed E-state index contributed by atoms with van der Waals surface area (Å²) in [5.74, 6) is -0.928. The Morgan fingerprint density at radius 1 is 1.05 bits per heavy atom. The van der Waals surface area contributed by atoms with Crippen LogP contribution in [0.1, 0.15) is 38.5 Å². The Morgan fingerprint density at radius 2 is 1.70 bits per heavy atom. The summed E-state index contributed by atoms with van der Waals surface area (Å²) in [5, 5.41) is 10.9. The lowest BCUT2D eigenvalue weighted by Gasteiger charge is -2.05. The van der Waals surface area contributed by atoms with E-state index in [4.69, 9.17) is 5.21 Å². The summed E-state index contributed by atoms with van der Waals surface area (Å²) in [5.41, 5.74) is 2.03. The minimum absolute atomic E-state index is 0.149. The molecule has 0 fully saturated rings. The van der Waals surface area contributed by atoms with Crippen LogP contribution in [0.25, 0.3) is 0 Å². The molecule has 0 radical (unpaired) electrons. The van der Waals surface area contributed by atoms with Gasteiger partial charge in [-0.2, -0.15) is 0 Å². The summed E-state index contributed by atoms with van der Waals surface area (Å²) in [6.45, 7) is 0. The van der Waals surface area contributed by atoms with E-state index in [2.05, 4.69) is 5.32 Å². The van der Waals surface area contributed by atoms with Crippen molar-refractivity contribution in [1.29, 1.82) is 0 Å². The van der Waals surface area contributed by atoms with E-state index in [0.717, 1.165) is 12.8 Å². The van der Waals surface area contributed by atoms with Gasteiger partial charge in [0.1, 0.15) is 5.82 Å². The minimum Gasteiger partial charge on any atom is -0.326 e. The Balaban J connectivity index is 2.10. The maximum Gasteiger partial charge on any atom is 0.243 e. The molecular weight excluding hydrogens is 263 g/mol. The third-order valence-corrected chi connectivity index (χ3v) is 2.79. The summed E-state index contributed by atoms with van der Waals surface area (Å²) < 4.78 is 12.9. The molecule has 5 nitrogen and oxygen atoms in total. The second-order valence-electron chi connectivity index (χ2n) is 4.51. The molecule has 0 saturated carbocycles. The van der Waals surface area contributed by atoms with Gasteiger partial charge in [-0.05, 0) is 31.0 Å². The molecule has 0 aliphatic rings. The Morgan fingerprint density at radius 3 is 2.30 bits per heavy atom. The van der Waals surface area contributed by atoms with Crippen LogP contribution in [-0.2, 0) is 9.59 Å². The summed E-state index contributed by atoms with van der Waals surface area (Å²) in [6.07, 6.45) is 3.68. The van der Waals surface area contributed by atoms with Crippen molar-refractivity contribution in [2.24, 2.45) is 0 Å². The minimum atomic E-state index is -0.395. The quantitative estimate of drug-likeness (QED) is 0.389. The number of benzene rings is 1. The van der Waals surface area contributed by atoms with Crippen molar-refractivity contribution in [3.8, 4) is 0 Å². The lowest BCUT2D eigenvalue weighted by Crippen LogP contribution is -2.17. The van der Waals surface area contributed by atoms with Gasteiger partial charge in [0.05, 0.1) is 0 Å². The second kappa shape index (κ2) is 9.03. The molecular formula is C14H19FN2O3. The standard InChI is InChI=1S/C14H19FN2O3/c15-11-6-5-7-12(10-11)16-13(18)8-3-1-2-4-9-14(19)17-20/h5-7,10,20H,1-4,8-9H2,(H,16,18)(H,17,19). The number of hydrogen-bond acceptors (Lipinski definition) is 3. The fraction of sp³-hybridized carbons (Fsp3) is 0.429. The fourth-order valence-corrected chi connectivity index (χ4v) is 1.77. The number of hydroxylamine groups is 1. The number of anilines is 1. The highest BCUT2D eigenvalue weighted by Crippen LogP contribution is 2.11. The van der Waals surface area contributed by atoms with Gasteiger partial charge in [-0.1, -0.05) is 18.9 Å². The van der Waals surface area contributed by atoms with Crippen molar-refractivity contribution in [1.82, 2.24) is 5.48 Å². The average Bonchev–Trinajstić information content (AvgIpc) is 2.42. The van der Waals surface area contributed by atoms with Gasteiger partial charge in [0.15, 0.2) is 0 Å². The van der Waals surface area contributed by atoms with E-state index >= 15 is 0 Å². The number of carbonyl (C=O) groups is 2. The smallest absolute Gasteiger partial charge is 0.243 e. The van der Waals surface area contributed by atoms with Crippen molar-refractivity contribution in [2.75, 3.05) is 5.32 Å². The molecule has 1 aromatic rings. The topological polar surface area (TPSA) is 78.4 Å². The van der Waals surface area contributed by atoms with Gasteiger partial charge < -0.3 is 5.32 Å². The van der Waals surface area contributed by atoms with Crippen LogP contribution in [0.3, 0.4) is 0 Å². The van der Waals surface area contributed by atoms with Crippen molar-refractivity contribution < 1.29 is 19.2 Å². The van der Waals surface area contributed by atoms with Gasteiger partial charge >= 0.3 is 0 Å². The molecule has 0 saturated heterocycles. The summed E-state index contributed by atoms with van der Waals surface area (Å²) in [4.78, 5) is 22.3. The zero-order valence-corrected chi connectivity index (χ0v) is 11.2. The van der Waals surface area contributed by atoms with E-state index in [-0.39, 0.29) is 18.1 Å². The van der Waals surface area contributed by atoms with Crippen molar-refractivity contribution >= 4 is 17.5 Å². The van der Waals surface area contributed by atoms with E-state index in [1.807, 2.05) is 0 Å². The maximum atomic E-state index is 12.9. The molecule has 110 valence electrons. The molecule has 0 heterocycles. The Bertz CT molecular complexity index is 452. The monoisotopic (exact) mass is 282 g/mol. The van der Waals surface area contributed by atoms with Gasteiger partial charge in [0.25, 0.3) is 0 Å². The van der Waals surface area contributed by atoms with Crippen LogP contribution in [0.4, 0.5) is 10.1 Å². The maximum absolute atomic E-state index is 12.9. The molecule has 0 aliphatic heterocycles. The number of carbonyl (C=O) groups excluding carboxylic acids is 2. The SMILES string of the molecule is O=C(CCCCCCC(=O)Nc1cccc(F)c1)NO. The van der Waals surface area contributed by atoms with E-state index in [9.17, 15) is 14.0 Å². The lowest BCUT2D eigenvalue weighted by molar-refractivity contribution is -0.129. The number of rotatable bonds is 8. The van der Waals surface area contributed by atoms with Crippen LogP contribution in [0.2, 0.25) is 0 Å². The predicted molar refractivity (Wildman–Crippen MR) is 72.7 cm³/mol. The first kappa shape index (κ1) is 16.1. The van der Waals surface area contributed by atoms with Gasteiger partial charge in [-0.25, -0.2) is 9.87 Å². The van der Waals surface area contributed by atoms with Crippen molar-refractivity contribution in [3.05, 3.63) is 30.1 Å². The first-order chi connectivity index (χ1) is 9.61. The van der Waals surface area contributed by atoms with E-state index in [0.29, 0.717) is 24.9 Å². The van der Waals surface area contributed by atoms with E-state index in [1.165, 1.54) is 18.2 Å². The summed E-state index contributed by atoms with van der Waals surface area (Å²) in [7, 11) is 0. The molecule has 0 aromatic heterocycles. The van der Waals surface area contributed by atoms with Gasteiger partial charge in [-0.3, -0.25) is 14.8 Å². The van der Waals surface area contributed by atoms with Crippen LogP contribution in [0.5, 0.6) is 0 Å². The molecule has 0 spiro atoms. The Kier molecular flexibility index (Phi) is 7.27. The summed E-state index contributed by atoms with van der Waals surface area (Å²) in [6, 6.07) is 5.76. The second-order valence-corrected chi connectivity index (χ2v) is 4.51. The first-order valence-electron chi connectivity index (χ1n) is 6.60. The molecule has 6 heteroatoms. The molecule has 3 N–H and O–H groups in total. The predicted octanol–water partition coefficient (Wildman–Crippen LogP) is 2.61. The van der Waals surface area contributed by atoms with Gasteiger partial charge in [0, 0.05) is 18.5 Å². The number of nitrogens with one attached hydrogen (secondary N) is 2.